The first-order valence-corrected chi connectivity index (χ1v) is 10.4. The first kappa shape index (κ1) is 20.8. The number of ether oxygens (including phenoxy) is 2. The van der Waals surface area contributed by atoms with Crippen LogP contribution in [0.25, 0.3) is 0 Å². The predicted octanol–water partition coefficient (Wildman–Crippen LogP) is 4.19. The van der Waals surface area contributed by atoms with E-state index in [1.165, 1.54) is 0 Å². The molecule has 2 unspecified atom stereocenters. The van der Waals surface area contributed by atoms with E-state index in [9.17, 15) is 5.11 Å². The summed E-state index contributed by atoms with van der Waals surface area (Å²) in [5.41, 5.74) is 1.08. The molecule has 2 aromatic carbocycles. The summed E-state index contributed by atoms with van der Waals surface area (Å²) in [5, 5.41) is 11.6. The molecule has 1 N–H and O–H groups in total. The molecule has 1 fully saturated rings. The average molecular weight is 384 g/mol. The number of hydrogen-bond donors (Lipinski definition) is 1. The first-order valence-electron chi connectivity index (χ1n) is 10.4. The van der Waals surface area contributed by atoms with Gasteiger partial charge in [-0.3, -0.25) is 4.90 Å². The van der Waals surface area contributed by atoms with Crippen LogP contribution in [-0.2, 0) is 10.3 Å². The Bertz CT molecular complexity index is 694. The van der Waals surface area contributed by atoms with Crippen LogP contribution in [0.15, 0.2) is 54.6 Å². The lowest BCUT2D eigenvalue weighted by Crippen LogP contribution is -2.43. The number of aliphatic hydroxyl groups is 1. The molecule has 0 spiro atoms. The SMILES string of the molecule is CCCCOc1ccc(C(C)(O)C(CN2CCOCC2)c2ccccc2)cc1. The largest absolute Gasteiger partial charge is 0.494 e. The maximum absolute atomic E-state index is 11.6. The molecule has 0 aliphatic carbocycles. The Morgan fingerprint density at radius 3 is 2.39 bits per heavy atom. The average Bonchev–Trinajstić information content (AvgIpc) is 2.74. The highest BCUT2D eigenvalue weighted by Crippen LogP contribution is 2.38. The number of unbranched alkanes of at least 4 members (excludes halogenated alkanes) is 1. The van der Waals surface area contributed by atoms with E-state index in [0.717, 1.165) is 69.2 Å². The molecule has 0 radical (unpaired) electrons. The predicted molar refractivity (Wildman–Crippen MR) is 113 cm³/mol. The van der Waals surface area contributed by atoms with E-state index in [1.54, 1.807) is 0 Å². The van der Waals surface area contributed by atoms with E-state index in [2.05, 4.69) is 24.0 Å². The lowest BCUT2D eigenvalue weighted by Gasteiger charge is -2.38. The van der Waals surface area contributed by atoms with E-state index in [-0.39, 0.29) is 5.92 Å². The summed E-state index contributed by atoms with van der Waals surface area (Å²) in [4.78, 5) is 2.39. The van der Waals surface area contributed by atoms with Crippen LogP contribution < -0.4 is 4.74 Å². The van der Waals surface area contributed by atoms with E-state index >= 15 is 0 Å². The molecule has 4 nitrogen and oxygen atoms in total. The van der Waals surface area contributed by atoms with Gasteiger partial charge in [-0.1, -0.05) is 55.8 Å². The van der Waals surface area contributed by atoms with Gasteiger partial charge in [0, 0.05) is 25.6 Å². The lowest BCUT2D eigenvalue weighted by atomic mass is 9.78. The Balaban J connectivity index is 1.80. The molecule has 0 amide bonds. The minimum atomic E-state index is -0.985. The third kappa shape index (κ3) is 5.34. The van der Waals surface area contributed by atoms with E-state index < -0.39 is 5.60 Å². The highest BCUT2D eigenvalue weighted by Gasteiger charge is 2.36. The number of hydrogen-bond acceptors (Lipinski definition) is 4. The summed E-state index contributed by atoms with van der Waals surface area (Å²) in [6.07, 6.45) is 2.17. The molecular formula is C24H33NO3. The molecule has 2 aromatic rings. The minimum Gasteiger partial charge on any atom is -0.494 e. The van der Waals surface area contributed by atoms with Crippen molar-refractivity contribution in [3.05, 3.63) is 65.7 Å². The Morgan fingerprint density at radius 2 is 1.75 bits per heavy atom. The third-order valence-electron chi connectivity index (χ3n) is 5.63. The molecule has 2 atom stereocenters. The zero-order valence-electron chi connectivity index (χ0n) is 17.1. The van der Waals surface area contributed by atoms with Crippen LogP contribution in [0.2, 0.25) is 0 Å². The zero-order chi connectivity index (χ0) is 19.8. The molecule has 4 heteroatoms. The van der Waals surface area contributed by atoms with Crippen LogP contribution in [-0.4, -0.2) is 49.5 Å². The second-order valence-electron chi connectivity index (χ2n) is 7.75. The maximum atomic E-state index is 11.6. The first-order chi connectivity index (χ1) is 13.6. The molecule has 0 aromatic heterocycles. The van der Waals surface area contributed by atoms with Crippen LogP contribution in [0.5, 0.6) is 5.75 Å². The molecule has 0 saturated carbocycles. The van der Waals surface area contributed by atoms with E-state index in [1.807, 2.05) is 49.4 Å². The van der Waals surface area contributed by atoms with Crippen molar-refractivity contribution >= 4 is 0 Å². The summed E-state index contributed by atoms with van der Waals surface area (Å²) in [6, 6.07) is 18.3. The fourth-order valence-corrected chi connectivity index (χ4v) is 3.76. The molecule has 1 aliphatic rings. The van der Waals surface area contributed by atoms with Crippen LogP contribution in [0.3, 0.4) is 0 Å². The van der Waals surface area contributed by atoms with Gasteiger partial charge in [-0.2, -0.15) is 0 Å². The quantitative estimate of drug-likeness (QED) is 0.660. The molecule has 152 valence electrons. The van der Waals surface area contributed by atoms with Gasteiger partial charge in [0.05, 0.1) is 25.4 Å². The van der Waals surface area contributed by atoms with Crippen molar-refractivity contribution in [2.75, 3.05) is 39.5 Å². The van der Waals surface area contributed by atoms with Crippen molar-refractivity contribution in [3.63, 3.8) is 0 Å². The van der Waals surface area contributed by atoms with Gasteiger partial charge in [0.15, 0.2) is 0 Å². The minimum absolute atomic E-state index is 0.0290. The van der Waals surface area contributed by atoms with Crippen LogP contribution in [0.4, 0.5) is 0 Å². The van der Waals surface area contributed by atoms with Crippen LogP contribution in [0, 0.1) is 0 Å². The summed E-state index contributed by atoms with van der Waals surface area (Å²) < 4.78 is 11.3. The normalized spacial score (nSPS) is 18.4. The summed E-state index contributed by atoms with van der Waals surface area (Å²) >= 11 is 0. The maximum Gasteiger partial charge on any atom is 0.119 e. The van der Waals surface area contributed by atoms with Gasteiger partial charge < -0.3 is 14.6 Å². The van der Waals surface area contributed by atoms with Crippen molar-refractivity contribution in [3.8, 4) is 5.75 Å². The van der Waals surface area contributed by atoms with Crippen molar-refractivity contribution in [1.29, 1.82) is 0 Å². The number of nitrogens with zero attached hydrogens (tertiary/aromatic N) is 1. The highest BCUT2D eigenvalue weighted by atomic mass is 16.5. The fraction of sp³-hybridized carbons (Fsp3) is 0.500. The molecule has 0 bridgehead atoms. The van der Waals surface area contributed by atoms with Gasteiger partial charge in [-0.05, 0) is 36.6 Å². The van der Waals surface area contributed by atoms with Crippen LogP contribution >= 0.6 is 0 Å². The third-order valence-corrected chi connectivity index (χ3v) is 5.63. The number of benzene rings is 2. The van der Waals surface area contributed by atoms with Crippen molar-refractivity contribution in [2.24, 2.45) is 0 Å². The topological polar surface area (TPSA) is 41.9 Å². The monoisotopic (exact) mass is 383 g/mol. The Hall–Kier alpha value is -1.88. The van der Waals surface area contributed by atoms with Gasteiger partial charge in [0.1, 0.15) is 5.75 Å². The lowest BCUT2D eigenvalue weighted by molar-refractivity contribution is -0.0107. The van der Waals surface area contributed by atoms with Crippen molar-refractivity contribution < 1.29 is 14.6 Å². The second-order valence-corrected chi connectivity index (χ2v) is 7.75. The van der Waals surface area contributed by atoms with E-state index in [4.69, 9.17) is 9.47 Å². The highest BCUT2D eigenvalue weighted by molar-refractivity contribution is 5.35. The summed E-state index contributed by atoms with van der Waals surface area (Å²) in [5.74, 6) is 0.830. The van der Waals surface area contributed by atoms with Crippen molar-refractivity contribution in [2.45, 2.75) is 38.2 Å². The fourth-order valence-electron chi connectivity index (χ4n) is 3.76. The van der Waals surface area contributed by atoms with Gasteiger partial charge in [0.25, 0.3) is 0 Å². The van der Waals surface area contributed by atoms with Crippen LogP contribution in [0.1, 0.15) is 43.7 Å². The summed E-state index contributed by atoms with van der Waals surface area (Å²) in [6.45, 7) is 8.94. The van der Waals surface area contributed by atoms with Crippen molar-refractivity contribution in [1.82, 2.24) is 4.90 Å². The zero-order valence-corrected chi connectivity index (χ0v) is 17.1. The van der Waals surface area contributed by atoms with Gasteiger partial charge in [-0.25, -0.2) is 0 Å². The molecule has 3 rings (SSSR count). The van der Waals surface area contributed by atoms with E-state index in [0.29, 0.717) is 0 Å². The Morgan fingerprint density at radius 1 is 1.07 bits per heavy atom. The number of morpholine rings is 1. The molecule has 1 aliphatic heterocycles. The molecular weight excluding hydrogens is 350 g/mol. The van der Waals surface area contributed by atoms with Gasteiger partial charge in [0.2, 0.25) is 0 Å². The van der Waals surface area contributed by atoms with Gasteiger partial charge in [-0.15, -0.1) is 0 Å². The number of rotatable bonds is 9. The standard InChI is InChI=1S/C24H33NO3/c1-3-4-16-28-22-12-10-21(11-13-22)24(2,26)23(20-8-6-5-7-9-20)19-25-14-17-27-18-15-25/h5-13,23,26H,3-4,14-19H2,1-2H3. The smallest absolute Gasteiger partial charge is 0.119 e. The van der Waals surface area contributed by atoms with Gasteiger partial charge >= 0.3 is 0 Å². The molecule has 1 heterocycles. The Labute approximate surface area is 169 Å². The summed E-state index contributed by atoms with van der Waals surface area (Å²) in [7, 11) is 0. The molecule has 1 saturated heterocycles. The Kier molecular flexibility index (Phi) is 7.49. The second kappa shape index (κ2) is 10.1. The molecule has 28 heavy (non-hydrogen) atoms.